The van der Waals surface area contributed by atoms with Gasteiger partial charge in [-0.05, 0) is 54.6 Å². The van der Waals surface area contributed by atoms with Gasteiger partial charge in [-0.25, -0.2) is 4.39 Å². The minimum Gasteiger partial charge on any atom is -0.497 e. The lowest BCUT2D eigenvalue weighted by atomic mass is 10.0. The molecule has 34 heavy (non-hydrogen) atoms. The van der Waals surface area contributed by atoms with Gasteiger partial charge in [0.2, 0.25) is 16.7 Å². The van der Waals surface area contributed by atoms with E-state index in [4.69, 9.17) is 4.74 Å². The molecule has 1 spiro atoms. The summed E-state index contributed by atoms with van der Waals surface area (Å²) in [5.41, 5.74) is 2.21. The third-order valence-corrected chi connectivity index (χ3v) is 7.21. The Hall–Kier alpha value is -3.85. The minimum absolute atomic E-state index is 0.127. The average molecular weight is 478 g/mol. The first-order chi connectivity index (χ1) is 16.4. The third kappa shape index (κ3) is 3.49. The van der Waals surface area contributed by atoms with Crippen molar-refractivity contribution in [3.63, 3.8) is 0 Å². The first-order valence-electron chi connectivity index (χ1n) is 10.5. The van der Waals surface area contributed by atoms with E-state index in [1.165, 1.54) is 45.8 Å². The van der Waals surface area contributed by atoms with Crippen molar-refractivity contribution in [3.05, 3.63) is 84.2 Å². The first-order valence-corrected chi connectivity index (χ1v) is 11.5. The van der Waals surface area contributed by atoms with Crippen LogP contribution in [0.4, 0.5) is 21.5 Å². The molecule has 2 aliphatic rings. The molecule has 1 N–H and O–H groups in total. The van der Waals surface area contributed by atoms with Gasteiger partial charge in [-0.15, -0.1) is 11.8 Å². The maximum absolute atomic E-state index is 13.9. The van der Waals surface area contributed by atoms with E-state index in [-0.39, 0.29) is 24.1 Å². The number of carbonyl (C=O) groups is 3. The fourth-order valence-corrected chi connectivity index (χ4v) is 5.68. The topological polar surface area (TPSA) is 79.0 Å². The highest BCUT2D eigenvalue weighted by Gasteiger charge is 2.61. The number of nitrogens with one attached hydrogen (secondary N) is 1. The molecule has 9 heteroatoms. The zero-order valence-corrected chi connectivity index (χ0v) is 19.0. The summed E-state index contributed by atoms with van der Waals surface area (Å²) in [4.78, 5) is 41.4. The second-order valence-electron chi connectivity index (χ2n) is 7.82. The summed E-state index contributed by atoms with van der Waals surface area (Å²) in [6.45, 7) is -0.250. The minimum atomic E-state index is -1.31. The Kier molecular flexibility index (Phi) is 5.49. The molecule has 2 aliphatic heterocycles. The quantitative estimate of drug-likeness (QED) is 0.606. The van der Waals surface area contributed by atoms with Gasteiger partial charge >= 0.3 is 0 Å². The monoisotopic (exact) mass is 477 g/mol. The zero-order valence-electron chi connectivity index (χ0n) is 18.2. The summed E-state index contributed by atoms with van der Waals surface area (Å²) in [7, 11) is 1.55. The Morgan fingerprint density at radius 2 is 1.76 bits per heavy atom. The summed E-state index contributed by atoms with van der Waals surface area (Å²) in [5, 5.41) is 2.69. The highest BCUT2D eigenvalue weighted by atomic mass is 32.2. The van der Waals surface area contributed by atoms with Crippen molar-refractivity contribution in [3.8, 4) is 5.75 Å². The van der Waals surface area contributed by atoms with Crippen molar-refractivity contribution in [1.29, 1.82) is 0 Å². The summed E-state index contributed by atoms with van der Waals surface area (Å²) in [6.07, 6.45) is 0. The molecular weight excluding hydrogens is 457 g/mol. The number of amides is 3. The molecule has 1 fully saturated rings. The molecule has 2 heterocycles. The molecule has 0 saturated carbocycles. The average Bonchev–Trinajstić information content (AvgIpc) is 3.31. The van der Waals surface area contributed by atoms with Crippen LogP contribution in [0.25, 0.3) is 0 Å². The lowest BCUT2D eigenvalue weighted by Gasteiger charge is -2.33. The highest BCUT2D eigenvalue weighted by molar-refractivity contribution is 8.02. The van der Waals surface area contributed by atoms with Crippen LogP contribution in [0.15, 0.2) is 72.8 Å². The van der Waals surface area contributed by atoms with Gasteiger partial charge in [-0.3, -0.25) is 24.2 Å². The number of nitrogens with zero attached hydrogens (tertiary/aromatic N) is 2. The van der Waals surface area contributed by atoms with Crippen LogP contribution in [0.1, 0.15) is 5.56 Å². The Balaban J connectivity index is 1.50. The second-order valence-corrected chi connectivity index (χ2v) is 8.99. The number of benzene rings is 3. The predicted octanol–water partition coefficient (Wildman–Crippen LogP) is 3.75. The van der Waals surface area contributed by atoms with Crippen molar-refractivity contribution >= 4 is 46.5 Å². The molecule has 0 aliphatic carbocycles. The standard InChI is InChI=1S/C25H20FN3O4S/c1-33-19-12-10-18(11-13-19)29-23(31)15-34-25(29)20-4-2-3-5-21(20)28(24(25)32)14-22(30)27-17-8-6-16(26)7-9-17/h2-13H,14-15H2,1H3,(H,27,30)/t25-/m1/s1. The summed E-state index contributed by atoms with van der Waals surface area (Å²) in [6, 6.07) is 19.5. The number of ether oxygens (including phenoxy) is 1. The van der Waals surface area contributed by atoms with Crippen LogP contribution in [-0.4, -0.2) is 37.1 Å². The Morgan fingerprint density at radius 3 is 2.47 bits per heavy atom. The van der Waals surface area contributed by atoms with Gasteiger partial charge in [0, 0.05) is 16.9 Å². The molecule has 0 unspecified atom stereocenters. The number of hydrogen-bond donors (Lipinski definition) is 1. The molecule has 0 bridgehead atoms. The van der Waals surface area contributed by atoms with E-state index in [2.05, 4.69) is 5.32 Å². The number of thioether (sulfide) groups is 1. The SMILES string of the molecule is COc1ccc(N2C(=O)CS[C@]23C(=O)N(CC(=O)Nc2ccc(F)cc2)c2ccccc23)cc1. The molecule has 172 valence electrons. The zero-order chi connectivity index (χ0) is 23.9. The fraction of sp³-hybridized carbons (Fsp3) is 0.160. The Morgan fingerprint density at radius 1 is 1.06 bits per heavy atom. The summed E-state index contributed by atoms with van der Waals surface area (Å²) >= 11 is 1.24. The normalized spacial score (nSPS) is 19.0. The number of methoxy groups -OCH3 is 1. The number of fused-ring (bicyclic) bond motifs is 2. The summed E-state index contributed by atoms with van der Waals surface area (Å²) < 4.78 is 18.4. The van der Waals surface area contributed by atoms with E-state index >= 15 is 0 Å². The van der Waals surface area contributed by atoms with Gasteiger partial charge in [-0.2, -0.15) is 0 Å². The smallest absolute Gasteiger partial charge is 0.269 e. The number of anilines is 3. The van der Waals surface area contributed by atoms with Crippen molar-refractivity contribution in [2.24, 2.45) is 0 Å². The maximum Gasteiger partial charge on any atom is 0.269 e. The van der Waals surface area contributed by atoms with Crippen LogP contribution in [0, 0.1) is 5.82 Å². The largest absolute Gasteiger partial charge is 0.497 e. The Bertz CT molecular complexity index is 1280. The summed E-state index contributed by atoms with van der Waals surface area (Å²) in [5.74, 6) is -0.649. The van der Waals surface area contributed by atoms with Crippen LogP contribution >= 0.6 is 11.8 Å². The van der Waals surface area contributed by atoms with Crippen LogP contribution in [0.5, 0.6) is 5.75 Å². The van der Waals surface area contributed by atoms with E-state index < -0.39 is 16.6 Å². The molecule has 3 aromatic carbocycles. The second kappa shape index (κ2) is 8.49. The predicted molar refractivity (Wildman–Crippen MR) is 128 cm³/mol. The molecule has 3 aromatic rings. The molecule has 0 aromatic heterocycles. The van der Waals surface area contributed by atoms with Gasteiger partial charge in [0.25, 0.3) is 5.91 Å². The molecule has 7 nitrogen and oxygen atoms in total. The Labute approximate surface area is 199 Å². The lowest BCUT2D eigenvalue weighted by Crippen LogP contribution is -2.50. The number of para-hydroxylation sites is 1. The molecular formula is C25H20FN3O4S. The van der Waals surface area contributed by atoms with Crippen LogP contribution in [0.3, 0.4) is 0 Å². The van der Waals surface area contributed by atoms with E-state index in [1.807, 2.05) is 12.1 Å². The van der Waals surface area contributed by atoms with Gasteiger partial charge in [-0.1, -0.05) is 18.2 Å². The van der Waals surface area contributed by atoms with Crippen LogP contribution in [0.2, 0.25) is 0 Å². The number of hydrogen-bond acceptors (Lipinski definition) is 5. The van der Waals surface area contributed by atoms with E-state index in [0.717, 1.165) is 0 Å². The molecule has 3 amide bonds. The van der Waals surface area contributed by atoms with Crippen LogP contribution in [-0.2, 0) is 19.3 Å². The van der Waals surface area contributed by atoms with Crippen LogP contribution < -0.4 is 19.9 Å². The molecule has 1 atom stereocenters. The van der Waals surface area contributed by atoms with Gasteiger partial charge in [0.05, 0.1) is 18.6 Å². The fourth-order valence-electron chi connectivity index (χ4n) is 4.32. The van der Waals surface area contributed by atoms with E-state index in [0.29, 0.717) is 28.4 Å². The van der Waals surface area contributed by atoms with Gasteiger partial charge in [0.1, 0.15) is 18.1 Å². The van der Waals surface area contributed by atoms with Crippen molar-refractivity contribution < 1.29 is 23.5 Å². The van der Waals surface area contributed by atoms with Gasteiger partial charge in [0.15, 0.2) is 0 Å². The van der Waals surface area contributed by atoms with E-state index in [1.54, 1.807) is 43.5 Å². The number of carbonyl (C=O) groups excluding carboxylic acids is 3. The molecule has 0 radical (unpaired) electrons. The lowest BCUT2D eigenvalue weighted by molar-refractivity contribution is -0.124. The molecule has 1 saturated heterocycles. The third-order valence-electron chi connectivity index (χ3n) is 5.82. The number of rotatable bonds is 5. The molecule has 5 rings (SSSR count). The first kappa shape index (κ1) is 22.0. The van der Waals surface area contributed by atoms with E-state index in [9.17, 15) is 18.8 Å². The van der Waals surface area contributed by atoms with Gasteiger partial charge < -0.3 is 10.1 Å². The van der Waals surface area contributed by atoms with Crippen molar-refractivity contribution in [2.75, 3.05) is 34.5 Å². The highest BCUT2D eigenvalue weighted by Crippen LogP contribution is 2.55. The maximum atomic E-state index is 13.9. The van der Waals surface area contributed by atoms with Crippen molar-refractivity contribution in [2.45, 2.75) is 4.87 Å². The van der Waals surface area contributed by atoms with Crippen molar-refractivity contribution in [1.82, 2.24) is 0 Å². The number of halogens is 1.